The van der Waals surface area contributed by atoms with Crippen molar-refractivity contribution < 1.29 is 4.79 Å². The molecule has 1 fully saturated rings. The Morgan fingerprint density at radius 2 is 2.00 bits per heavy atom. The molecular weight excluding hydrogens is 226 g/mol. The minimum Gasteiger partial charge on any atom is -0.366 e. The van der Waals surface area contributed by atoms with Crippen LogP contribution in [0.5, 0.6) is 0 Å². The summed E-state index contributed by atoms with van der Waals surface area (Å²) in [6, 6.07) is 7.50. The van der Waals surface area contributed by atoms with Crippen molar-refractivity contribution in [2.75, 3.05) is 26.2 Å². The average Bonchev–Trinajstić information content (AvgIpc) is 2.88. The Bertz CT molecular complexity index is 400. The van der Waals surface area contributed by atoms with Crippen LogP contribution in [-0.2, 0) is 6.54 Å². The molecule has 0 atom stereocenters. The van der Waals surface area contributed by atoms with Crippen LogP contribution in [0.3, 0.4) is 0 Å². The van der Waals surface area contributed by atoms with E-state index in [0.717, 1.165) is 18.7 Å². The van der Waals surface area contributed by atoms with Crippen molar-refractivity contribution in [3.05, 3.63) is 35.4 Å². The van der Waals surface area contributed by atoms with Gasteiger partial charge in [0.1, 0.15) is 0 Å². The van der Waals surface area contributed by atoms with Crippen LogP contribution >= 0.6 is 0 Å². The van der Waals surface area contributed by atoms with E-state index in [9.17, 15) is 4.79 Å². The van der Waals surface area contributed by atoms with Gasteiger partial charge in [-0.3, -0.25) is 4.79 Å². The molecule has 4 nitrogen and oxygen atoms in total. The Labute approximate surface area is 108 Å². The summed E-state index contributed by atoms with van der Waals surface area (Å²) >= 11 is 0. The van der Waals surface area contributed by atoms with Crippen molar-refractivity contribution in [3.63, 3.8) is 0 Å². The lowest BCUT2D eigenvalue weighted by Gasteiger charge is -2.15. The maximum absolute atomic E-state index is 11.2. The van der Waals surface area contributed by atoms with E-state index in [4.69, 9.17) is 5.73 Å². The summed E-state index contributed by atoms with van der Waals surface area (Å²) in [6.45, 7) is 5.18. The number of benzene rings is 1. The number of carbonyl (C=O) groups excluding carboxylic acids is 1. The fraction of sp³-hybridized carbons (Fsp3) is 0.500. The lowest BCUT2D eigenvalue weighted by Crippen LogP contribution is -2.30. The smallest absolute Gasteiger partial charge is 0.249 e. The quantitative estimate of drug-likeness (QED) is 0.736. The third-order valence-corrected chi connectivity index (χ3v) is 3.40. The van der Waals surface area contributed by atoms with E-state index in [0.29, 0.717) is 12.1 Å². The second-order valence-corrected chi connectivity index (χ2v) is 4.75. The van der Waals surface area contributed by atoms with E-state index >= 15 is 0 Å². The first-order chi connectivity index (χ1) is 8.77. The van der Waals surface area contributed by atoms with E-state index in [1.54, 1.807) is 6.07 Å². The lowest BCUT2D eigenvalue weighted by atomic mass is 10.1. The molecule has 0 radical (unpaired) electrons. The third kappa shape index (κ3) is 3.55. The lowest BCUT2D eigenvalue weighted by molar-refractivity contribution is 0.0999. The fourth-order valence-corrected chi connectivity index (χ4v) is 2.38. The molecule has 0 aromatic heterocycles. The molecule has 1 heterocycles. The van der Waals surface area contributed by atoms with E-state index in [1.165, 1.54) is 25.9 Å². The highest BCUT2D eigenvalue weighted by atomic mass is 16.1. The van der Waals surface area contributed by atoms with Crippen molar-refractivity contribution in [3.8, 4) is 0 Å². The molecule has 0 spiro atoms. The molecule has 4 heteroatoms. The number of nitrogens with two attached hydrogens (primary N) is 1. The summed E-state index contributed by atoms with van der Waals surface area (Å²) in [5.41, 5.74) is 6.94. The Balaban J connectivity index is 1.77. The summed E-state index contributed by atoms with van der Waals surface area (Å²) in [7, 11) is 0. The molecule has 0 aliphatic carbocycles. The standard InChI is InChI=1S/C14H21N3O/c15-14(18)13-6-2-1-5-12(13)11-16-7-10-17-8-3-4-9-17/h1-2,5-6,16H,3-4,7-11H2,(H2,15,18). The van der Waals surface area contributed by atoms with Crippen molar-refractivity contribution in [1.29, 1.82) is 0 Å². The fourth-order valence-electron chi connectivity index (χ4n) is 2.38. The molecule has 1 aliphatic rings. The van der Waals surface area contributed by atoms with Crippen LogP contribution in [-0.4, -0.2) is 37.0 Å². The first-order valence-corrected chi connectivity index (χ1v) is 6.58. The summed E-state index contributed by atoms with van der Waals surface area (Å²) in [6.07, 6.45) is 2.65. The van der Waals surface area contributed by atoms with Gasteiger partial charge in [0.2, 0.25) is 5.91 Å². The van der Waals surface area contributed by atoms with Gasteiger partial charge in [0.15, 0.2) is 0 Å². The number of nitrogens with one attached hydrogen (secondary N) is 1. The number of hydrogen-bond donors (Lipinski definition) is 2. The molecule has 1 aromatic carbocycles. The molecule has 0 bridgehead atoms. The van der Waals surface area contributed by atoms with Crippen molar-refractivity contribution in [2.45, 2.75) is 19.4 Å². The maximum Gasteiger partial charge on any atom is 0.249 e. The van der Waals surface area contributed by atoms with Gasteiger partial charge in [-0.1, -0.05) is 18.2 Å². The Hall–Kier alpha value is -1.39. The number of amides is 1. The highest BCUT2D eigenvalue weighted by Gasteiger charge is 2.10. The zero-order chi connectivity index (χ0) is 12.8. The molecule has 0 unspecified atom stereocenters. The molecule has 18 heavy (non-hydrogen) atoms. The van der Waals surface area contributed by atoms with Gasteiger partial charge >= 0.3 is 0 Å². The van der Waals surface area contributed by atoms with Crippen LogP contribution in [0.2, 0.25) is 0 Å². The normalized spacial score (nSPS) is 16.0. The molecule has 0 saturated carbocycles. The first kappa shape index (κ1) is 13.1. The zero-order valence-electron chi connectivity index (χ0n) is 10.7. The van der Waals surface area contributed by atoms with Gasteiger partial charge < -0.3 is 16.0 Å². The third-order valence-electron chi connectivity index (χ3n) is 3.40. The maximum atomic E-state index is 11.2. The SMILES string of the molecule is NC(=O)c1ccccc1CNCCN1CCCC1. The minimum absolute atomic E-state index is 0.355. The van der Waals surface area contributed by atoms with Gasteiger partial charge in [0, 0.05) is 25.2 Å². The molecule has 1 aromatic rings. The van der Waals surface area contributed by atoms with Crippen LogP contribution < -0.4 is 11.1 Å². The predicted molar refractivity (Wildman–Crippen MR) is 72.3 cm³/mol. The second-order valence-electron chi connectivity index (χ2n) is 4.75. The Morgan fingerprint density at radius 3 is 2.72 bits per heavy atom. The molecule has 98 valence electrons. The van der Waals surface area contributed by atoms with Crippen molar-refractivity contribution in [1.82, 2.24) is 10.2 Å². The molecule has 1 amide bonds. The predicted octanol–water partition coefficient (Wildman–Crippen LogP) is 0.971. The zero-order valence-corrected chi connectivity index (χ0v) is 10.7. The van der Waals surface area contributed by atoms with Crippen molar-refractivity contribution >= 4 is 5.91 Å². The molecule has 1 aliphatic heterocycles. The number of rotatable bonds is 6. The van der Waals surface area contributed by atoms with Crippen LogP contribution in [0.1, 0.15) is 28.8 Å². The van der Waals surface area contributed by atoms with Crippen LogP contribution in [0, 0.1) is 0 Å². The number of likely N-dealkylation sites (tertiary alicyclic amines) is 1. The molecule has 2 rings (SSSR count). The largest absolute Gasteiger partial charge is 0.366 e. The van der Waals surface area contributed by atoms with Gasteiger partial charge in [-0.15, -0.1) is 0 Å². The summed E-state index contributed by atoms with van der Waals surface area (Å²) < 4.78 is 0. The van der Waals surface area contributed by atoms with Crippen LogP contribution in [0.15, 0.2) is 24.3 Å². The number of nitrogens with zero attached hydrogens (tertiary/aromatic N) is 1. The van der Waals surface area contributed by atoms with Crippen LogP contribution in [0.4, 0.5) is 0 Å². The van der Waals surface area contributed by atoms with Gasteiger partial charge in [-0.2, -0.15) is 0 Å². The van der Waals surface area contributed by atoms with E-state index < -0.39 is 0 Å². The first-order valence-electron chi connectivity index (χ1n) is 6.58. The van der Waals surface area contributed by atoms with Gasteiger partial charge in [0.25, 0.3) is 0 Å². The highest BCUT2D eigenvalue weighted by molar-refractivity contribution is 5.94. The van der Waals surface area contributed by atoms with E-state index in [-0.39, 0.29) is 5.91 Å². The Kier molecular flexibility index (Phi) is 4.73. The number of primary amides is 1. The average molecular weight is 247 g/mol. The van der Waals surface area contributed by atoms with E-state index in [1.807, 2.05) is 18.2 Å². The highest BCUT2D eigenvalue weighted by Crippen LogP contribution is 2.08. The van der Waals surface area contributed by atoms with Gasteiger partial charge in [-0.25, -0.2) is 0 Å². The topological polar surface area (TPSA) is 58.4 Å². The van der Waals surface area contributed by atoms with Gasteiger partial charge in [-0.05, 0) is 37.6 Å². The molecule has 3 N–H and O–H groups in total. The molecule has 1 saturated heterocycles. The summed E-state index contributed by atoms with van der Waals surface area (Å²) in [5.74, 6) is -0.355. The van der Waals surface area contributed by atoms with Crippen LogP contribution in [0.25, 0.3) is 0 Å². The molecular formula is C14H21N3O. The Morgan fingerprint density at radius 1 is 1.28 bits per heavy atom. The van der Waals surface area contributed by atoms with Gasteiger partial charge in [0.05, 0.1) is 0 Å². The number of hydrogen-bond acceptors (Lipinski definition) is 3. The summed E-state index contributed by atoms with van der Waals surface area (Å²) in [4.78, 5) is 13.7. The minimum atomic E-state index is -0.355. The van der Waals surface area contributed by atoms with E-state index in [2.05, 4.69) is 10.2 Å². The second kappa shape index (κ2) is 6.52. The van der Waals surface area contributed by atoms with Crippen molar-refractivity contribution in [2.24, 2.45) is 5.73 Å². The monoisotopic (exact) mass is 247 g/mol. The number of carbonyl (C=O) groups is 1. The summed E-state index contributed by atoms with van der Waals surface area (Å²) in [5, 5.41) is 3.37.